The van der Waals surface area contributed by atoms with Gasteiger partial charge in [-0.05, 0) is 24.3 Å². The van der Waals surface area contributed by atoms with E-state index in [0.717, 1.165) is 4.47 Å². The number of halogens is 1. The molecule has 1 aromatic carbocycles. The molecule has 0 saturated carbocycles. The van der Waals surface area contributed by atoms with Crippen LogP contribution in [0.25, 0.3) is 0 Å². The van der Waals surface area contributed by atoms with Gasteiger partial charge in [0.1, 0.15) is 11.8 Å². The SMILES string of the molecule is O=C(O)[C@@H]1CSCN1C(=O)COc1ccc(Br)cc1. The summed E-state index contributed by atoms with van der Waals surface area (Å²) in [7, 11) is 0. The fourth-order valence-corrected chi connectivity index (χ4v) is 3.09. The average molecular weight is 346 g/mol. The standard InChI is InChI=1S/C12H12BrNO4S/c13-8-1-3-9(4-2-8)18-5-11(15)14-7-19-6-10(14)12(16)17/h1-4,10H,5-7H2,(H,16,17)/t10-/m0/s1. The summed E-state index contributed by atoms with van der Waals surface area (Å²) in [4.78, 5) is 24.2. The fraction of sp³-hybridized carbons (Fsp3) is 0.333. The van der Waals surface area contributed by atoms with E-state index in [9.17, 15) is 9.59 Å². The smallest absolute Gasteiger partial charge is 0.327 e. The lowest BCUT2D eigenvalue weighted by Gasteiger charge is -2.20. The summed E-state index contributed by atoms with van der Waals surface area (Å²) in [6.07, 6.45) is 0. The van der Waals surface area contributed by atoms with Gasteiger partial charge in [0.15, 0.2) is 6.61 Å². The molecule has 1 aliphatic rings. The Labute approximate surface area is 123 Å². The van der Waals surface area contributed by atoms with Crippen LogP contribution < -0.4 is 4.74 Å². The molecule has 19 heavy (non-hydrogen) atoms. The number of hydrogen-bond donors (Lipinski definition) is 1. The van der Waals surface area contributed by atoms with Crippen LogP contribution in [0.2, 0.25) is 0 Å². The molecule has 102 valence electrons. The average Bonchev–Trinajstić information content (AvgIpc) is 2.87. The Morgan fingerprint density at radius 2 is 2.11 bits per heavy atom. The third-order valence-electron chi connectivity index (χ3n) is 2.66. The van der Waals surface area contributed by atoms with Gasteiger partial charge in [0.2, 0.25) is 0 Å². The number of benzene rings is 1. The minimum Gasteiger partial charge on any atom is -0.484 e. The molecule has 0 aromatic heterocycles. The van der Waals surface area contributed by atoms with Crippen LogP contribution in [0.5, 0.6) is 5.75 Å². The number of hydrogen-bond acceptors (Lipinski definition) is 4. The Kier molecular flexibility index (Phi) is 4.71. The molecule has 1 fully saturated rings. The molecule has 0 unspecified atom stereocenters. The summed E-state index contributed by atoms with van der Waals surface area (Å²) < 4.78 is 6.27. The molecule has 1 N–H and O–H groups in total. The van der Waals surface area contributed by atoms with Crippen molar-refractivity contribution in [3.05, 3.63) is 28.7 Å². The highest BCUT2D eigenvalue weighted by molar-refractivity contribution is 9.10. The van der Waals surface area contributed by atoms with Crippen LogP contribution in [-0.4, -0.2) is 46.2 Å². The zero-order chi connectivity index (χ0) is 13.8. The van der Waals surface area contributed by atoms with Crippen molar-refractivity contribution < 1.29 is 19.4 Å². The molecule has 1 aromatic rings. The first-order valence-corrected chi connectivity index (χ1v) is 7.51. The van der Waals surface area contributed by atoms with Crippen LogP contribution in [0.1, 0.15) is 0 Å². The number of carbonyl (C=O) groups is 2. The second-order valence-electron chi connectivity index (χ2n) is 3.96. The van der Waals surface area contributed by atoms with Crippen molar-refractivity contribution in [1.82, 2.24) is 4.90 Å². The van der Waals surface area contributed by atoms with Gasteiger partial charge in [-0.25, -0.2) is 4.79 Å². The lowest BCUT2D eigenvalue weighted by Crippen LogP contribution is -2.43. The maximum absolute atomic E-state index is 11.9. The van der Waals surface area contributed by atoms with Crippen molar-refractivity contribution in [3.63, 3.8) is 0 Å². The molecule has 1 aliphatic heterocycles. The minimum atomic E-state index is -0.970. The first-order chi connectivity index (χ1) is 9.08. The number of rotatable bonds is 4. The summed E-state index contributed by atoms with van der Waals surface area (Å²) in [6, 6.07) is 6.36. The predicted octanol–water partition coefficient (Wildman–Crippen LogP) is 1.81. The zero-order valence-corrected chi connectivity index (χ0v) is 12.3. The predicted molar refractivity (Wildman–Crippen MR) is 75.2 cm³/mol. The fourth-order valence-electron chi connectivity index (χ4n) is 1.65. The normalized spacial score (nSPS) is 18.4. The Bertz CT molecular complexity index is 479. The molecule has 0 spiro atoms. The quantitative estimate of drug-likeness (QED) is 0.901. The molecule has 0 aliphatic carbocycles. The van der Waals surface area contributed by atoms with E-state index in [2.05, 4.69) is 15.9 Å². The largest absolute Gasteiger partial charge is 0.484 e. The lowest BCUT2D eigenvalue weighted by molar-refractivity contribution is -0.148. The number of carboxylic acid groups (broad SMARTS) is 1. The summed E-state index contributed by atoms with van der Waals surface area (Å²) in [5, 5.41) is 9.00. The van der Waals surface area contributed by atoms with Crippen molar-refractivity contribution in [2.75, 3.05) is 18.2 Å². The van der Waals surface area contributed by atoms with E-state index in [-0.39, 0.29) is 12.5 Å². The number of thioether (sulfide) groups is 1. The Hall–Kier alpha value is -1.21. The van der Waals surface area contributed by atoms with Crippen LogP contribution in [0, 0.1) is 0 Å². The van der Waals surface area contributed by atoms with Crippen LogP contribution in [0.15, 0.2) is 28.7 Å². The first kappa shape index (κ1) is 14.2. The van der Waals surface area contributed by atoms with Gasteiger partial charge in [0.05, 0.1) is 5.88 Å². The van der Waals surface area contributed by atoms with E-state index < -0.39 is 12.0 Å². The van der Waals surface area contributed by atoms with E-state index in [0.29, 0.717) is 17.4 Å². The Morgan fingerprint density at radius 3 is 2.74 bits per heavy atom. The monoisotopic (exact) mass is 345 g/mol. The number of carbonyl (C=O) groups excluding carboxylic acids is 1. The highest BCUT2D eigenvalue weighted by Gasteiger charge is 2.34. The van der Waals surface area contributed by atoms with Crippen LogP contribution in [0.4, 0.5) is 0 Å². The van der Waals surface area contributed by atoms with Gasteiger partial charge in [-0.2, -0.15) is 0 Å². The minimum absolute atomic E-state index is 0.147. The summed E-state index contributed by atoms with van der Waals surface area (Å²) in [6.45, 7) is -0.147. The van der Waals surface area contributed by atoms with Crippen molar-refractivity contribution in [2.45, 2.75) is 6.04 Å². The van der Waals surface area contributed by atoms with Gasteiger partial charge in [-0.3, -0.25) is 4.79 Å². The van der Waals surface area contributed by atoms with E-state index in [1.54, 1.807) is 12.1 Å². The van der Waals surface area contributed by atoms with E-state index in [4.69, 9.17) is 9.84 Å². The van der Waals surface area contributed by atoms with E-state index in [1.807, 2.05) is 12.1 Å². The zero-order valence-electron chi connectivity index (χ0n) is 9.91. The van der Waals surface area contributed by atoms with Gasteiger partial charge in [0.25, 0.3) is 5.91 Å². The van der Waals surface area contributed by atoms with Crippen molar-refractivity contribution in [3.8, 4) is 5.75 Å². The number of amides is 1. The Balaban J connectivity index is 1.90. The summed E-state index contributed by atoms with van der Waals surface area (Å²) in [5.74, 6) is 0.136. The van der Waals surface area contributed by atoms with Gasteiger partial charge in [-0.1, -0.05) is 15.9 Å². The molecule has 0 radical (unpaired) electrons. The van der Waals surface area contributed by atoms with Crippen LogP contribution in [-0.2, 0) is 9.59 Å². The maximum atomic E-state index is 11.9. The molecule has 1 saturated heterocycles. The second kappa shape index (κ2) is 6.29. The third-order valence-corrected chi connectivity index (χ3v) is 4.20. The number of nitrogens with zero attached hydrogens (tertiary/aromatic N) is 1. The first-order valence-electron chi connectivity index (χ1n) is 5.56. The highest BCUT2D eigenvalue weighted by Crippen LogP contribution is 2.21. The maximum Gasteiger partial charge on any atom is 0.327 e. The number of ether oxygens (including phenoxy) is 1. The number of carboxylic acids is 1. The Morgan fingerprint density at radius 1 is 1.42 bits per heavy atom. The van der Waals surface area contributed by atoms with Crippen LogP contribution >= 0.6 is 27.7 Å². The number of aliphatic carboxylic acids is 1. The molecular weight excluding hydrogens is 334 g/mol. The molecule has 2 rings (SSSR count). The third kappa shape index (κ3) is 3.63. The topological polar surface area (TPSA) is 66.8 Å². The summed E-state index contributed by atoms with van der Waals surface area (Å²) in [5.41, 5.74) is 0. The van der Waals surface area contributed by atoms with Gasteiger partial charge < -0.3 is 14.7 Å². The molecular formula is C12H12BrNO4S. The van der Waals surface area contributed by atoms with E-state index >= 15 is 0 Å². The van der Waals surface area contributed by atoms with E-state index in [1.165, 1.54) is 16.7 Å². The molecule has 5 nitrogen and oxygen atoms in total. The van der Waals surface area contributed by atoms with Gasteiger partial charge >= 0.3 is 5.97 Å². The second-order valence-corrected chi connectivity index (χ2v) is 5.88. The van der Waals surface area contributed by atoms with Crippen LogP contribution in [0.3, 0.4) is 0 Å². The highest BCUT2D eigenvalue weighted by atomic mass is 79.9. The molecule has 1 atom stereocenters. The van der Waals surface area contributed by atoms with Gasteiger partial charge in [0, 0.05) is 10.2 Å². The molecule has 1 heterocycles. The molecule has 1 amide bonds. The molecule has 7 heteroatoms. The molecule has 0 bridgehead atoms. The van der Waals surface area contributed by atoms with Crippen molar-refractivity contribution in [2.24, 2.45) is 0 Å². The van der Waals surface area contributed by atoms with Crippen molar-refractivity contribution >= 4 is 39.6 Å². The van der Waals surface area contributed by atoms with Crippen molar-refractivity contribution in [1.29, 1.82) is 0 Å². The summed E-state index contributed by atoms with van der Waals surface area (Å²) >= 11 is 4.74. The lowest BCUT2D eigenvalue weighted by atomic mass is 10.3. The van der Waals surface area contributed by atoms with Gasteiger partial charge in [-0.15, -0.1) is 11.8 Å².